The Morgan fingerprint density at radius 2 is 1.88 bits per heavy atom. The van der Waals surface area contributed by atoms with Gasteiger partial charge in [0.15, 0.2) is 0 Å². The molecule has 2 aliphatic rings. The molecule has 1 aliphatic carbocycles. The molecule has 5 heteroatoms. The van der Waals surface area contributed by atoms with E-state index in [2.05, 4.69) is 34.3 Å². The molecule has 3 atom stereocenters. The molecule has 0 unspecified atom stereocenters. The number of nitrogens with one attached hydrogen (secondary N) is 1. The number of pyridine rings is 1. The van der Waals surface area contributed by atoms with Crippen molar-refractivity contribution in [2.24, 2.45) is 0 Å². The normalized spacial score (nSPS) is 27.9. The van der Waals surface area contributed by atoms with Gasteiger partial charge in [0, 0.05) is 47.6 Å². The molecule has 1 aliphatic heterocycles. The van der Waals surface area contributed by atoms with Gasteiger partial charge in [-0.3, -0.25) is 14.1 Å². The van der Waals surface area contributed by atoms with Crippen LogP contribution in [0.3, 0.4) is 0 Å². The van der Waals surface area contributed by atoms with Gasteiger partial charge in [0.25, 0.3) is 0 Å². The van der Waals surface area contributed by atoms with E-state index in [-0.39, 0.29) is 0 Å². The van der Waals surface area contributed by atoms with Gasteiger partial charge < -0.3 is 5.32 Å². The lowest BCUT2D eigenvalue weighted by Crippen LogP contribution is -2.52. The van der Waals surface area contributed by atoms with Gasteiger partial charge >= 0.3 is 0 Å². The molecule has 2 heterocycles. The fraction of sp³-hybridized carbons (Fsp3) is 0.737. The summed E-state index contributed by atoms with van der Waals surface area (Å²) in [6, 6.07) is 5.28. The van der Waals surface area contributed by atoms with E-state index in [1.165, 1.54) is 37.7 Å². The van der Waals surface area contributed by atoms with Crippen LogP contribution in [-0.4, -0.2) is 50.3 Å². The van der Waals surface area contributed by atoms with Crippen LogP contribution in [-0.2, 0) is 17.3 Å². The molecule has 0 amide bonds. The van der Waals surface area contributed by atoms with E-state index < -0.39 is 10.8 Å². The largest absolute Gasteiger partial charge is 0.310 e. The SMILES string of the molecule is CC[S@@](=O)[C@H]1CCCC[C@@H]1NC1CCN(Cc2ccncc2)CC1. The Hall–Kier alpha value is -0.780. The summed E-state index contributed by atoms with van der Waals surface area (Å²) in [6.45, 7) is 5.38. The number of piperidine rings is 1. The minimum atomic E-state index is -0.660. The molecule has 24 heavy (non-hydrogen) atoms. The van der Waals surface area contributed by atoms with E-state index >= 15 is 0 Å². The molecular weight excluding hydrogens is 318 g/mol. The van der Waals surface area contributed by atoms with Crippen molar-refractivity contribution in [2.45, 2.75) is 69.3 Å². The number of aromatic nitrogens is 1. The molecule has 1 N–H and O–H groups in total. The smallest absolute Gasteiger partial charge is 0.0501 e. The molecule has 0 bridgehead atoms. The van der Waals surface area contributed by atoms with E-state index in [0.717, 1.165) is 31.8 Å². The van der Waals surface area contributed by atoms with Crippen LogP contribution in [0, 0.1) is 0 Å². The average molecular weight is 350 g/mol. The number of nitrogens with zero attached hydrogens (tertiary/aromatic N) is 2. The fourth-order valence-electron chi connectivity index (χ4n) is 4.12. The Balaban J connectivity index is 1.47. The lowest BCUT2D eigenvalue weighted by atomic mass is 9.93. The highest BCUT2D eigenvalue weighted by atomic mass is 32.2. The minimum absolute atomic E-state index is 0.374. The Labute approximate surface area is 148 Å². The van der Waals surface area contributed by atoms with E-state index in [4.69, 9.17) is 0 Å². The first-order valence-electron chi connectivity index (χ1n) is 9.50. The first-order chi connectivity index (χ1) is 11.8. The lowest BCUT2D eigenvalue weighted by Gasteiger charge is -2.38. The molecule has 0 spiro atoms. The number of hydrogen-bond donors (Lipinski definition) is 1. The van der Waals surface area contributed by atoms with Crippen LogP contribution in [0.25, 0.3) is 0 Å². The molecule has 1 saturated heterocycles. The summed E-state index contributed by atoms with van der Waals surface area (Å²) in [4.78, 5) is 6.63. The highest BCUT2D eigenvalue weighted by Crippen LogP contribution is 2.25. The van der Waals surface area contributed by atoms with Gasteiger partial charge in [0.05, 0.1) is 5.25 Å². The third-order valence-corrected chi connectivity index (χ3v) is 7.33. The van der Waals surface area contributed by atoms with Crippen LogP contribution in [0.2, 0.25) is 0 Å². The van der Waals surface area contributed by atoms with Crippen molar-refractivity contribution in [3.05, 3.63) is 30.1 Å². The van der Waals surface area contributed by atoms with Crippen molar-refractivity contribution in [3.63, 3.8) is 0 Å². The second-order valence-electron chi connectivity index (χ2n) is 7.17. The number of likely N-dealkylation sites (tertiary alicyclic amines) is 1. The summed E-state index contributed by atoms with van der Waals surface area (Å²) in [6.07, 6.45) is 11.0. The Morgan fingerprint density at radius 3 is 2.58 bits per heavy atom. The van der Waals surface area contributed by atoms with Crippen molar-refractivity contribution in [1.82, 2.24) is 15.2 Å². The number of rotatable bonds is 6. The molecular formula is C19H31N3OS. The van der Waals surface area contributed by atoms with Crippen LogP contribution >= 0.6 is 0 Å². The second-order valence-corrected chi connectivity index (χ2v) is 9.12. The van der Waals surface area contributed by atoms with Gasteiger partial charge in [-0.2, -0.15) is 0 Å². The summed E-state index contributed by atoms with van der Waals surface area (Å²) in [5, 5.41) is 4.25. The minimum Gasteiger partial charge on any atom is -0.310 e. The molecule has 3 rings (SSSR count). The second kappa shape index (κ2) is 9.07. The standard InChI is InChI=1S/C19H31N3OS/c1-2-24(23)19-6-4-3-5-18(19)21-17-9-13-22(14-10-17)15-16-7-11-20-12-8-16/h7-8,11-12,17-19,21H,2-6,9-10,13-15H2,1H3/t18-,19-,24+/m0/s1. The highest BCUT2D eigenvalue weighted by molar-refractivity contribution is 7.85. The van der Waals surface area contributed by atoms with E-state index in [9.17, 15) is 4.21 Å². The maximum atomic E-state index is 12.3. The van der Waals surface area contributed by atoms with Crippen molar-refractivity contribution in [2.75, 3.05) is 18.8 Å². The third-order valence-electron chi connectivity index (χ3n) is 5.52. The van der Waals surface area contributed by atoms with Crippen LogP contribution in [0.1, 0.15) is 51.0 Å². The van der Waals surface area contributed by atoms with Gasteiger partial charge in [0.1, 0.15) is 0 Å². The Morgan fingerprint density at radius 1 is 1.17 bits per heavy atom. The first kappa shape index (κ1) is 18.0. The summed E-state index contributed by atoms with van der Waals surface area (Å²) in [5.41, 5.74) is 1.35. The zero-order chi connectivity index (χ0) is 16.8. The molecule has 4 nitrogen and oxygen atoms in total. The molecule has 1 saturated carbocycles. The molecule has 1 aromatic rings. The zero-order valence-electron chi connectivity index (χ0n) is 14.8. The van der Waals surface area contributed by atoms with Crippen molar-refractivity contribution in [3.8, 4) is 0 Å². The lowest BCUT2D eigenvalue weighted by molar-refractivity contribution is 0.178. The van der Waals surface area contributed by atoms with Crippen LogP contribution < -0.4 is 5.32 Å². The molecule has 0 aromatic carbocycles. The fourth-order valence-corrected chi connectivity index (χ4v) is 5.56. The van der Waals surface area contributed by atoms with Gasteiger partial charge in [-0.1, -0.05) is 19.8 Å². The van der Waals surface area contributed by atoms with E-state index in [1.807, 2.05) is 12.4 Å². The Bertz CT molecular complexity index is 517. The average Bonchev–Trinajstić information content (AvgIpc) is 2.64. The van der Waals surface area contributed by atoms with Crippen molar-refractivity contribution in [1.29, 1.82) is 0 Å². The summed E-state index contributed by atoms with van der Waals surface area (Å²) in [5.74, 6) is 0.799. The van der Waals surface area contributed by atoms with E-state index in [0.29, 0.717) is 17.3 Å². The zero-order valence-corrected chi connectivity index (χ0v) is 15.6. The quantitative estimate of drug-likeness (QED) is 0.858. The predicted octanol–water partition coefficient (Wildman–Crippen LogP) is 2.72. The predicted molar refractivity (Wildman–Crippen MR) is 100 cm³/mol. The molecule has 1 aromatic heterocycles. The third kappa shape index (κ3) is 4.87. The topological polar surface area (TPSA) is 45.2 Å². The number of hydrogen-bond acceptors (Lipinski definition) is 4. The molecule has 0 radical (unpaired) electrons. The van der Waals surface area contributed by atoms with Crippen LogP contribution in [0.4, 0.5) is 0 Å². The van der Waals surface area contributed by atoms with Crippen molar-refractivity contribution >= 4 is 10.8 Å². The maximum Gasteiger partial charge on any atom is 0.0501 e. The first-order valence-corrected chi connectivity index (χ1v) is 10.9. The molecule has 134 valence electrons. The molecule has 2 fully saturated rings. The monoisotopic (exact) mass is 349 g/mol. The summed E-state index contributed by atoms with van der Waals surface area (Å²) < 4.78 is 12.3. The van der Waals surface area contributed by atoms with Crippen LogP contribution in [0.5, 0.6) is 0 Å². The Kier molecular flexibility index (Phi) is 6.81. The maximum absolute atomic E-state index is 12.3. The van der Waals surface area contributed by atoms with Gasteiger partial charge in [0.2, 0.25) is 0 Å². The summed E-state index contributed by atoms with van der Waals surface area (Å²) >= 11 is 0. The van der Waals surface area contributed by atoms with Crippen molar-refractivity contribution < 1.29 is 4.21 Å². The van der Waals surface area contributed by atoms with Crippen LogP contribution in [0.15, 0.2) is 24.5 Å². The summed E-state index contributed by atoms with van der Waals surface area (Å²) in [7, 11) is -0.660. The van der Waals surface area contributed by atoms with E-state index in [1.54, 1.807) is 0 Å². The highest BCUT2D eigenvalue weighted by Gasteiger charge is 2.31. The van der Waals surface area contributed by atoms with Gasteiger partial charge in [-0.15, -0.1) is 0 Å². The van der Waals surface area contributed by atoms with Gasteiger partial charge in [-0.05, 0) is 56.5 Å². The van der Waals surface area contributed by atoms with Gasteiger partial charge in [-0.25, -0.2) is 0 Å².